The molecular formula is C17H21N2OP. The molecule has 1 saturated heterocycles. The third-order valence-electron chi connectivity index (χ3n) is 3.22. The van der Waals surface area contributed by atoms with Gasteiger partial charge in [0.25, 0.3) is 0 Å². The molecule has 2 aromatic carbocycles. The topological polar surface area (TPSA) is 41.1 Å². The van der Waals surface area contributed by atoms with Crippen LogP contribution in [-0.4, -0.2) is 18.5 Å². The number of anilines is 1. The summed E-state index contributed by atoms with van der Waals surface area (Å²) in [6.07, 6.45) is 0.861. The molecule has 21 heavy (non-hydrogen) atoms. The van der Waals surface area contributed by atoms with Gasteiger partial charge in [-0.1, -0.05) is 48.0 Å². The zero-order valence-electron chi connectivity index (χ0n) is 12.2. The first kappa shape index (κ1) is 15.5. The molecule has 0 saturated carbocycles. The van der Waals surface area contributed by atoms with Crippen molar-refractivity contribution >= 4 is 26.1 Å². The number of benzene rings is 2. The van der Waals surface area contributed by atoms with Gasteiger partial charge in [-0.3, -0.25) is 4.79 Å². The molecule has 2 aromatic rings. The standard InChI is InChI=1S/C10H13N2OP.C7H8/c13-10-9(4-5-11-10)12-7-2-1-3-8(14)6-7;1-7-5-3-2-4-6-7/h1-3,6,9,12H,4-5,14H2,(H,11,13);2-6H,1H3. The van der Waals surface area contributed by atoms with Crippen LogP contribution in [0, 0.1) is 6.92 Å². The summed E-state index contributed by atoms with van der Waals surface area (Å²) in [6.45, 7) is 2.86. The quantitative estimate of drug-likeness (QED) is 0.837. The fourth-order valence-corrected chi connectivity index (χ4v) is 2.39. The number of carbonyl (C=O) groups is 1. The Morgan fingerprint density at radius 2 is 1.90 bits per heavy atom. The molecule has 1 fully saturated rings. The van der Waals surface area contributed by atoms with Crippen LogP contribution in [0.1, 0.15) is 12.0 Å². The summed E-state index contributed by atoms with van der Waals surface area (Å²) >= 11 is 0. The van der Waals surface area contributed by atoms with Crippen molar-refractivity contribution in [3.63, 3.8) is 0 Å². The molecule has 3 nitrogen and oxygen atoms in total. The Labute approximate surface area is 128 Å². The number of carbonyl (C=O) groups excluding carboxylic acids is 1. The van der Waals surface area contributed by atoms with Gasteiger partial charge in [-0.05, 0) is 30.8 Å². The SMILES string of the molecule is Cc1ccccc1.O=C1NCCC1Nc1cccc(P)c1. The molecule has 0 aromatic heterocycles. The Morgan fingerprint density at radius 3 is 2.43 bits per heavy atom. The highest BCUT2D eigenvalue weighted by atomic mass is 31.0. The minimum Gasteiger partial charge on any atom is -0.374 e. The van der Waals surface area contributed by atoms with Gasteiger partial charge < -0.3 is 10.6 Å². The van der Waals surface area contributed by atoms with Gasteiger partial charge in [-0.2, -0.15) is 0 Å². The van der Waals surface area contributed by atoms with E-state index in [1.165, 1.54) is 5.56 Å². The van der Waals surface area contributed by atoms with Crippen molar-refractivity contribution in [3.05, 3.63) is 60.2 Å². The van der Waals surface area contributed by atoms with E-state index in [2.05, 4.69) is 38.9 Å². The normalized spacial score (nSPS) is 16.7. The van der Waals surface area contributed by atoms with Crippen LogP contribution in [0.25, 0.3) is 0 Å². The van der Waals surface area contributed by atoms with Crippen molar-refractivity contribution < 1.29 is 4.79 Å². The van der Waals surface area contributed by atoms with Gasteiger partial charge in [0.15, 0.2) is 0 Å². The summed E-state index contributed by atoms with van der Waals surface area (Å²) in [5.74, 6) is 0.0964. The van der Waals surface area contributed by atoms with Crippen molar-refractivity contribution in [1.82, 2.24) is 5.32 Å². The number of amides is 1. The number of hydrogen-bond donors (Lipinski definition) is 2. The van der Waals surface area contributed by atoms with E-state index in [9.17, 15) is 4.79 Å². The Bertz CT molecular complexity index is 586. The maximum Gasteiger partial charge on any atom is 0.242 e. The predicted octanol–water partition coefficient (Wildman–Crippen LogP) is 2.48. The molecule has 1 amide bonds. The number of nitrogens with one attached hydrogen (secondary N) is 2. The zero-order chi connectivity index (χ0) is 15.1. The fraction of sp³-hybridized carbons (Fsp3) is 0.235. The van der Waals surface area contributed by atoms with Crippen molar-refractivity contribution in [2.75, 3.05) is 11.9 Å². The van der Waals surface area contributed by atoms with E-state index in [0.717, 1.165) is 24.0 Å². The van der Waals surface area contributed by atoms with Crippen LogP contribution in [0.4, 0.5) is 5.69 Å². The minimum absolute atomic E-state index is 0.0678. The summed E-state index contributed by atoms with van der Waals surface area (Å²) in [7, 11) is 2.64. The molecule has 110 valence electrons. The Hall–Kier alpha value is -1.86. The Balaban J connectivity index is 0.000000194. The van der Waals surface area contributed by atoms with E-state index in [1.54, 1.807) is 0 Å². The van der Waals surface area contributed by atoms with Crippen LogP contribution in [0.15, 0.2) is 54.6 Å². The van der Waals surface area contributed by atoms with Crippen LogP contribution < -0.4 is 15.9 Å². The van der Waals surface area contributed by atoms with E-state index in [1.807, 2.05) is 42.5 Å². The van der Waals surface area contributed by atoms with Gasteiger partial charge >= 0.3 is 0 Å². The highest BCUT2D eigenvalue weighted by Gasteiger charge is 2.23. The van der Waals surface area contributed by atoms with Crippen LogP contribution >= 0.6 is 9.24 Å². The molecule has 1 aliphatic heterocycles. The van der Waals surface area contributed by atoms with E-state index < -0.39 is 0 Å². The molecule has 0 spiro atoms. The smallest absolute Gasteiger partial charge is 0.242 e. The molecular weight excluding hydrogens is 279 g/mol. The largest absolute Gasteiger partial charge is 0.374 e. The third-order valence-corrected chi connectivity index (χ3v) is 3.58. The lowest BCUT2D eigenvalue weighted by molar-refractivity contribution is -0.119. The fourth-order valence-electron chi connectivity index (χ4n) is 2.10. The molecule has 2 N–H and O–H groups in total. The van der Waals surface area contributed by atoms with Crippen LogP contribution in [-0.2, 0) is 4.79 Å². The predicted molar refractivity (Wildman–Crippen MR) is 92.0 cm³/mol. The van der Waals surface area contributed by atoms with E-state index in [-0.39, 0.29) is 11.9 Å². The van der Waals surface area contributed by atoms with Gasteiger partial charge in [-0.15, -0.1) is 9.24 Å². The summed E-state index contributed by atoms with van der Waals surface area (Å²) < 4.78 is 0. The molecule has 2 unspecified atom stereocenters. The first-order valence-corrected chi connectivity index (χ1v) is 7.64. The Morgan fingerprint density at radius 1 is 1.14 bits per heavy atom. The molecule has 0 radical (unpaired) electrons. The summed E-state index contributed by atoms with van der Waals surface area (Å²) in [5, 5.41) is 7.12. The second-order valence-electron chi connectivity index (χ2n) is 5.06. The van der Waals surface area contributed by atoms with Crippen molar-refractivity contribution in [2.45, 2.75) is 19.4 Å². The Kier molecular flexibility index (Phi) is 5.77. The average molecular weight is 300 g/mol. The second-order valence-corrected chi connectivity index (χ2v) is 5.72. The lowest BCUT2D eigenvalue weighted by Gasteiger charge is -2.11. The van der Waals surface area contributed by atoms with Gasteiger partial charge in [0.1, 0.15) is 6.04 Å². The number of rotatable bonds is 2. The van der Waals surface area contributed by atoms with Gasteiger partial charge in [-0.25, -0.2) is 0 Å². The lowest BCUT2D eigenvalue weighted by Crippen LogP contribution is -2.29. The van der Waals surface area contributed by atoms with Gasteiger partial charge in [0.05, 0.1) is 0 Å². The summed E-state index contributed by atoms with van der Waals surface area (Å²) in [4.78, 5) is 11.3. The first-order chi connectivity index (χ1) is 10.1. The van der Waals surface area contributed by atoms with Crippen LogP contribution in [0.3, 0.4) is 0 Å². The van der Waals surface area contributed by atoms with Crippen molar-refractivity contribution in [3.8, 4) is 0 Å². The van der Waals surface area contributed by atoms with E-state index >= 15 is 0 Å². The van der Waals surface area contributed by atoms with E-state index in [0.29, 0.717) is 0 Å². The number of hydrogen-bond acceptors (Lipinski definition) is 2. The van der Waals surface area contributed by atoms with Crippen LogP contribution in [0.5, 0.6) is 0 Å². The van der Waals surface area contributed by atoms with Gasteiger partial charge in [0, 0.05) is 12.2 Å². The van der Waals surface area contributed by atoms with Crippen molar-refractivity contribution in [2.24, 2.45) is 0 Å². The molecule has 0 bridgehead atoms. The highest BCUT2D eigenvalue weighted by Crippen LogP contribution is 2.11. The summed E-state index contributed by atoms with van der Waals surface area (Å²) in [5.41, 5.74) is 2.32. The molecule has 2 atom stereocenters. The molecule has 4 heteroatoms. The van der Waals surface area contributed by atoms with Gasteiger partial charge in [0.2, 0.25) is 5.91 Å². The van der Waals surface area contributed by atoms with Crippen LogP contribution in [0.2, 0.25) is 0 Å². The summed E-state index contributed by atoms with van der Waals surface area (Å²) in [6, 6.07) is 18.1. The second kappa shape index (κ2) is 7.80. The van der Waals surface area contributed by atoms with E-state index in [4.69, 9.17) is 0 Å². The molecule has 3 rings (SSSR count). The monoisotopic (exact) mass is 300 g/mol. The van der Waals surface area contributed by atoms with Crippen molar-refractivity contribution in [1.29, 1.82) is 0 Å². The maximum atomic E-state index is 11.3. The molecule has 1 aliphatic rings. The maximum absolute atomic E-state index is 11.3. The third kappa shape index (κ3) is 5.20. The molecule has 1 heterocycles. The highest BCUT2D eigenvalue weighted by molar-refractivity contribution is 7.27. The zero-order valence-corrected chi connectivity index (χ0v) is 13.3. The first-order valence-electron chi connectivity index (χ1n) is 7.06. The lowest BCUT2D eigenvalue weighted by atomic mass is 10.2. The minimum atomic E-state index is -0.0678. The average Bonchev–Trinajstić information content (AvgIpc) is 2.86. The number of aryl methyl sites for hydroxylation is 1. The molecule has 0 aliphatic carbocycles.